The van der Waals surface area contributed by atoms with E-state index in [1.807, 2.05) is 0 Å². The first-order chi connectivity index (χ1) is 9.19. The molecule has 1 saturated heterocycles. The van der Waals surface area contributed by atoms with Gasteiger partial charge < -0.3 is 10.3 Å². The molecular weight excluding hydrogens is 290 g/mol. The summed E-state index contributed by atoms with van der Waals surface area (Å²) in [5, 5.41) is 2.88. The zero-order chi connectivity index (χ0) is 15.0. The van der Waals surface area contributed by atoms with Gasteiger partial charge in [-0.1, -0.05) is 0 Å². The van der Waals surface area contributed by atoms with Gasteiger partial charge in [-0.15, -0.1) is 0 Å². The lowest BCUT2D eigenvalue weighted by atomic mass is 9.88. The molecule has 1 fully saturated rings. The highest BCUT2D eigenvalue weighted by Gasteiger charge is 2.42. The lowest BCUT2D eigenvalue weighted by Crippen LogP contribution is -2.43. The largest absolute Gasteiger partial charge is 0.329 e. The molecule has 1 unspecified atom stereocenters. The summed E-state index contributed by atoms with van der Waals surface area (Å²) in [4.78, 5) is 13.9. The Labute approximate surface area is 115 Å². The molecule has 2 heterocycles. The van der Waals surface area contributed by atoms with Crippen LogP contribution in [0.3, 0.4) is 0 Å². The van der Waals surface area contributed by atoms with Crippen molar-refractivity contribution in [2.75, 3.05) is 19.3 Å². The molecule has 8 heteroatoms. The van der Waals surface area contributed by atoms with E-state index < -0.39 is 33.0 Å². The molecule has 20 heavy (non-hydrogen) atoms. The highest BCUT2D eigenvalue weighted by molar-refractivity contribution is 7.89. The quantitative estimate of drug-likeness (QED) is 0.858. The summed E-state index contributed by atoms with van der Waals surface area (Å²) in [5.41, 5.74) is -0.321. The van der Waals surface area contributed by atoms with Crippen molar-refractivity contribution >= 4 is 9.84 Å². The standard InChI is InChI=1S/C12H16F2N2O3S/c1-20(18,19)7-9-4-8(5-16-11(9)17)10-6-15-3-2-12(10,13)14/h4-5,10,15H,2-3,6-7H2,1H3,(H,16,17). The topological polar surface area (TPSA) is 79.0 Å². The number of H-pyrrole nitrogens is 1. The zero-order valence-corrected chi connectivity index (χ0v) is 11.8. The van der Waals surface area contributed by atoms with Crippen LogP contribution in [0.5, 0.6) is 0 Å². The fourth-order valence-corrected chi connectivity index (χ4v) is 3.11. The van der Waals surface area contributed by atoms with Crippen molar-refractivity contribution in [1.29, 1.82) is 0 Å². The van der Waals surface area contributed by atoms with Crippen molar-refractivity contribution in [2.24, 2.45) is 0 Å². The summed E-state index contributed by atoms with van der Waals surface area (Å²) in [5.74, 6) is -4.39. The third-order valence-corrected chi connectivity index (χ3v) is 4.15. The first-order valence-electron chi connectivity index (χ1n) is 6.17. The summed E-state index contributed by atoms with van der Waals surface area (Å²) < 4.78 is 50.3. The number of rotatable bonds is 3. The average Bonchev–Trinajstić information content (AvgIpc) is 2.30. The van der Waals surface area contributed by atoms with E-state index in [-0.39, 0.29) is 30.6 Å². The predicted molar refractivity (Wildman–Crippen MR) is 70.8 cm³/mol. The molecule has 0 saturated carbocycles. The van der Waals surface area contributed by atoms with Gasteiger partial charge in [-0.05, 0) is 11.6 Å². The number of aromatic nitrogens is 1. The van der Waals surface area contributed by atoms with Gasteiger partial charge in [0.05, 0.1) is 11.7 Å². The summed E-state index contributed by atoms with van der Waals surface area (Å²) in [6.45, 7) is 0.334. The van der Waals surface area contributed by atoms with Crippen LogP contribution in [-0.2, 0) is 15.6 Å². The molecule has 2 rings (SSSR count). The lowest BCUT2D eigenvalue weighted by molar-refractivity contribution is -0.0480. The Kier molecular flexibility index (Phi) is 3.97. The van der Waals surface area contributed by atoms with Crippen LogP contribution in [-0.4, -0.2) is 38.7 Å². The van der Waals surface area contributed by atoms with E-state index in [2.05, 4.69) is 10.3 Å². The maximum Gasteiger partial charge on any atom is 0.257 e. The molecule has 0 spiro atoms. The van der Waals surface area contributed by atoms with Crippen LogP contribution in [0.4, 0.5) is 8.78 Å². The minimum absolute atomic E-state index is 0.00799. The number of halogens is 2. The van der Waals surface area contributed by atoms with Crippen LogP contribution >= 0.6 is 0 Å². The van der Waals surface area contributed by atoms with Crippen molar-refractivity contribution in [2.45, 2.75) is 24.0 Å². The molecule has 2 N–H and O–H groups in total. The molecule has 0 bridgehead atoms. The van der Waals surface area contributed by atoms with E-state index in [4.69, 9.17) is 0 Å². The van der Waals surface area contributed by atoms with E-state index in [1.54, 1.807) is 0 Å². The number of sulfone groups is 1. The number of alkyl halides is 2. The zero-order valence-electron chi connectivity index (χ0n) is 10.9. The molecule has 1 aliphatic rings. The molecule has 1 aliphatic heterocycles. The van der Waals surface area contributed by atoms with Gasteiger partial charge in [0.2, 0.25) is 0 Å². The van der Waals surface area contributed by atoms with Gasteiger partial charge in [-0.2, -0.15) is 0 Å². The third-order valence-electron chi connectivity index (χ3n) is 3.32. The maximum atomic E-state index is 13.9. The predicted octanol–water partition coefficient (Wildman–Crippen LogP) is 0.632. The number of nitrogens with one attached hydrogen (secondary N) is 2. The highest BCUT2D eigenvalue weighted by Crippen LogP contribution is 2.37. The molecule has 0 aromatic carbocycles. The van der Waals surface area contributed by atoms with Gasteiger partial charge in [-0.25, -0.2) is 17.2 Å². The Hall–Kier alpha value is -1.28. The van der Waals surface area contributed by atoms with Gasteiger partial charge in [-0.3, -0.25) is 4.79 Å². The second-order valence-electron chi connectivity index (χ2n) is 5.13. The van der Waals surface area contributed by atoms with Crippen molar-refractivity contribution < 1.29 is 17.2 Å². The molecule has 0 radical (unpaired) electrons. The SMILES string of the molecule is CS(=O)(=O)Cc1cc(C2CNCCC2(F)F)c[nH]c1=O. The second kappa shape index (κ2) is 5.25. The first kappa shape index (κ1) is 15.1. The minimum Gasteiger partial charge on any atom is -0.329 e. The highest BCUT2D eigenvalue weighted by atomic mass is 32.2. The molecule has 5 nitrogen and oxygen atoms in total. The molecule has 112 valence electrons. The molecule has 1 atom stereocenters. The van der Waals surface area contributed by atoms with E-state index in [0.717, 1.165) is 6.26 Å². The number of hydrogen-bond acceptors (Lipinski definition) is 4. The van der Waals surface area contributed by atoms with E-state index in [0.29, 0.717) is 0 Å². The Morgan fingerprint density at radius 2 is 2.15 bits per heavy atom. The van der Waals surface area contributed by atoms with E-state index in [9.17, 15) is 22.0 Å². The van der Waals surface area contributed by atoms with Gasteiger partial charge in [0, 0.05) is 37.5 Å². The van der Waals surface area contributed by atoms with Crippen LogP contribution in [0.2, 0.25) is 0 Å². The number of pyridine rings is 1. The van der Waals surface area contributed by atoms with Gasteiger partial charge in [0.25, 0.3) is 11.5 Å². The normalized spacial score (nSPS) is 22.6. The second-order valence-corrected chi connectivity index (χ2v) is 7.27. The van der Waals surface area contributed by atoms with Crippen molar-refractivity contribution in [3.63, 3.8) is 0 Å². The maximum absolute atomic E-state index is 13.9. The number of aromatic amines is 1. The number of piperidine rings is 1. The van der Waals surface area contributed by atoms with Crippen LogP contribution < -0.4 is 10.9 Å². The smallest absolute Gasteiger partial charge is 0.257 e. The Balaban J connectivity index is 2.38. The summed E-state index contributed by atoms with van der Waals surface area (Å²) in [7, 11) is -3.40. The van der Waals surface area contributed by atoms with Crippen LogP contribution in [0.25, 0.3) is 0 Å². The average molecular weight is 306 g/mol. The molecular formula is C12H16F2N2O3S. The summed E-state index contributed by atoms with van der Waals surface area (Å²) >= 11 is 0. The van der Waals surface area contributed by atoms with E-state index >= 15 is 0 Å². The fourth-order valence-electron chi connectivity index (χ4n) is 2.33. The number of hydrogen-bond donors (Lipinski definition) is 2. The molecule has 0 aliphatic carbocycles. The summed E-state index contributed by atoms with van der Waals surface area (Å²) in [6.07, 6.45) is 1.95. The van der Waals surface area contributed by atoms with Crippen LogP contribution in [0, 0.1) is 0 Å². The monoisotopic (exact) mass is 306 g/mol. The molecule has 1 aromatic heterocycles. The Morgan fingerprint density at radius 3 is 2.75 bits per heavy atom. The lowest BCUT2D eigenvalue weighted by Gasteiger charge is -2.32. The third kappa shape index (κ3) is 3.43. The van der Waals surface area contributed by atoms with Gasteiger partial charge in [0.1, 0.15) is 0 Å². The minimum atomic E-state index is -3.40. The fraction of sp³-hybridized carbons (Fsp3) is 0.583. The first-order valence-corrected chi connectivity index (χ1v) is 8.23. The molecule has 0 amide bonds. The van der Waals surface area contributed by atoms with E-state index in [1.165, 1.54) is 12.3 Å². The van der Waals surface area contributed by atoms with Crippen LogP contribution in [0.15, 0.2) is 17.1 Å². The van der Waals surface area contributed by atoms with Crippen LogP contribution in [0.1, 0.15) is 23.5 Å². The Bertz CT molecular complexity index is 655. The van der Waals surface area contributed by atoms with Crippen molar-refractivity contribution in [1.82, 2.24) is 10.3 Å². The van der Waals surface area contributed by atoms with Gasteiger partial charge in [0.15, 0.2) is 9.84 Å². The van der Waals surface area contributed by atoms with Gasteiger partial charge >= 0.3 is 0 Å². The van der Waals surface area contributed by atoms with Crippen molar-refractivity contribution in [3.05, 3.63) is 33.7 Å². The molecule has 1 aromatic rings. The Morgan fingerprint density at radius 1 is 1.45 bits per heavy atom. The summed E-state index contributed by atoms with van der Waals surface area (Å²) in [6, 6.07) is 1.27. The van der Waals surface area contributed by atoms with Crippen molar-refractivity contribution in [3.8, 4) is 0 Å².